The number of unbranched alkanes of at least 4 members (excludes halogenated alkanes) is 5. The third kappa shape index (κ3) is 10.9. The summed E-state index contributed by atoms with van der Waals surface area (Å²) in [4.78, 5) is 38.7. The molecule has 5 rings (SSSR count). The van der Waals surface area contributed by atoms with Crippen LogP contribution in [0.4, 0.5) is 0 Å². The molecular weight excluding hydrogens is 654 g/mol. The van der Waals surface area contributed by atoms with Crippen LogP contribution in [0.3, 0.4) is 0 Å². The van der Waals surface area contributed by atoms with Crippen LogP contribution < -0.4 is 4.74 Å². The van der Waals surface area contributed by atoms with E-state index in [2.05, 4.69) is 19.1 Å². The van der Waals surface area contributed by atoms with Crippen molar-refractivity contribution in [2.45, 2.75) is 90.4 Å². The highest BCUT2D eigenvalue weighted by Gasteiger charge is 2.26. The molecule has 4 aromatic carbocycles. The van der Waals surface area contributed by atoms with Crippen molar-refractivity contribution >= 4 is 28.6 Å². The van der Waals surface area contributed by atoms with E-state index in [1.54, 1.807) is 6.07 Å². The molecule has 5 aromatic rings. The maximum absolute atomic E-state index is 14.0. The molecule has 1 atom stereocenters. The van der Waals surface area contributed by atoms with Crippen molar-refractivity contribution in [2.24, 2.45) is 0 Å². The Bertz CT molecular complexity index is 1900. The number of aliphatic hydroxyl groups excluding tert-OH is 1. The first-order valence-electron chi connectivity index (χ1n) is 18.4. The number of hydrogen-bond donors (Lipinski definition) is 2. The third-order valence-corrected chi connectivity index (χ3v) is 9.29. The molecule has 1 aromatic heterocycles. The van der Waals surface area contributed by atoms with Crippen LogP contribution in [0.2, 0.25) is 0 Å². The number of carbonyl (C=O) groups excluding carboxylic acids is 2. The van der Waals surface area contributed by atoms with Gasteiger partial charge in [0.1, 0.15) is 25.1 Å². The Morgan fingerprint density at radius 1 is 0.750 bits per heavy atom. The summed E-state index contributed by atoms with van der Waals surface area (Å²) in [5.74, 6) is -1.26. The Morgan fingerprint density at radius 3 is 2.12 bits per heavy atom. The van der Waals surface area contributed by atoms with Crippen LogP contribution in [0, 0.1) is 0 Å². The standard InChI is InChI=1S/C44H49NO7/c1-2-3-4-5-6-9-14-32-19-22-37(23-20-32)51-31-36(46)29-45-39-24-21-35(44(49)50)28-38(39)43(40(45)27-33-15-10-7-11-16-33)41(47)25-26-42(48)52-30-34-17-12-8-13-18-34/h7-8,10-13,15-24,28,36,46H,2-6,9,14,25-27,29-31H2,1H3,(H,49,50). The zero-order valence-corrected chi connectivity index (χ0v) is 30.0. The summed E-state index contributed by atoms with van der Waals surface area (Å²) in [5.41, 5.74) is 4.67. The fourth-order valence-electron chi connectivity index (χ4n) is 6.50. The van der Waals surface area contributed by atoms with Gasteiger partial charge in [0.05, 0.1) is 18.5 Å². The van der Waals surface area contributed by atoms with Gasteiger partial charge in [-0.25, -0.2) is 4.79 Å². The van der Waals surface area contributed by atoms with Gasteiger partial charge in [-0.2, -0.15) is 0 Å². The van der Waals surface area contributed by atoms with Gasteiger partial charge in [-0.05, 0) is 59.9 Å². The van der Waals surface area contributed by atoms with Crippen LogP contribution in [0.25, 0.3) is 10.9 Å². The van der Waals surface area contributed by atoms with E-state index in [1.807, 2.05) is 77.4 Å². The third-order valence-electron chi connectivity index (χ3n) is 9.29. The molecule has 0 saturated carbocycles. The van der Waals surface area contributed by atoms with Gasteiger partial charge in [-0.3, -0.25) is 9.59 Å². The minimum atomic E-state index is -1.12. The van der Waals surface area contributed by atoms with E-state index in [0.29, 0.717) is 34.3 Å². The van der Waals surface area contributed by atoms with Gasteiger partial charge in [0.25, 0.3) is 0 Å². The van der Waals surface area contributed by atoms with Crippen molar-refractivity contribution in [2.75, 3.05) is 6.61 Å². The molecule has 1 heterocycles. The molecule has 0 radical (unpaired) electrons. The van der Waals surface area contributed by atoms with Crippen molar-refractivity contribution in [3.8, 4) is 5.75 Å². The zero-order valence-electron chi connectivity index (χ0n) is 30.0. The predicted molar refractivity (Wildman–Crippen MR) is 203 cm³/mol. The normalized spacial score (nSPS) is 11.7. The van der Waals surface area contributed by atoms with Crippen LogP contribution in [0.15, 0.2) is 103 Å². The molecule has 8 heteroatoms. The fourth-order valence-corrected chi connectivity index (χ4v) is 6.50. The molecule has 8 nitrogen and oxygen atoms in total. The minimum Gasteiger partial charge on any atom is -0.491 e. The van der Waals surface area contributed by atoms with Gasteiger partial charge in [-0.1, -0.05) is 112 Å². The van der Waals surface area contributed by atoms with E-state index in [4.69, 9.17) is 9.47 Å². The van der Waals surface area contributed by atoms with E-state index in [9.17, 15) is 24.6 Å². The number of esters is 1. The number of ether oxygens (including phenoxy) is 2. The first-order chi connectivity index (χ1) is 25.3. The van der Waals surface area contributed by atoms with Crippen LogP contribution >= 0.6 is 0 Å². The molecule has 0 amide bonds. The number of rotatable bonds is 21. The van der Waals surface area contributed by atoms with E-state index in [-0.39, 0.29) is 43.9 Å². The second-order valence-corrected chi connectivity index (χ2v) is 13.3. The number of carbonyl (C=O) groups is 3. The summed E-state index contributed by atoms with van der Waals surface area (Å²) in [6, 6.07) is 31.6. The number of aromatic carboxylic acids is 1. The molecule has 52 heavy (non-hydrogen) atoms. The Hall–Kier alpha value is -5.21. The molecule has 1 unspecified atom stereocenters. The Labute approximate surface area is 306 Å². The van der Waals surface area contributed by atoms with E-state index < -0.39 is 18.0 Å². The summed E-state index contributed by atoms with van der Waals surface area (Å²) >= 11 is 0. The average molecular weight is 704 g/mol. The monoisotopic (exact) mass is 703 g/mol. The van der Waals surface area contributed by atoms with Crippen LogP contribution in [0.1, 0.15) is 101 Å². The van der Waals surface area contributed by atoms with Gasteiger partial charge in [0.15, 0.2) is 5.78 Å². The second kappa shape index (κ2) is 19.4. The maximum atomic E-state index is 14.0. The molecule has 0 aliphatic rings. The number of aryl methyl sites for hydroxylation is 1. The van der Waals surface area contributed by atoms with Crippen molar-refractivity contribution in [1.29, 1.82) is 0 Å². The summed E-state index contributed by atoms with van der Waals surface area (Å²) in [6.45, 7) is 2.46. The van der Waals surface area contributed by atoms with E-state index in [1.165, 1.54) is 49.8 Å². The van der Waals surface area contributed by atoms with Crippen LogP contribution in [0.5, 0.6) is 5.75 Å². The average Bonchev–Trinajstić information content (AvgIpc) is 3.46. The molecule has 0 fully saturated rings. The fraction of sp³-hybridized carbons (Fsp3) is 0.341. The van der Waals surface area contributed by atoms with Gasteiger partial charge in [0.2, 0.25) is 0 Å². The largest absolute Gasteiger partial charge is 0.491 e. The number of benzene rings is 4. The highest BCUT2D eigenvalue weighted by atomic mass is 16.5. The Morgan fingerprint density at radius 2 is 1.42 bits per heavy atom. The van der Waals surface area contributed by atoms with Gasteiger partial charge < -0.3 is 24.3 Å². The lowest BCUT2D eigenvalue weighted by Crippen LogP contribution is -2.25. The van der Waals surface area contributed by atoms with Crippen molar-refractivity contribution < 1.29 is 34.1 Å². The molecule has 0 saturated heterocycles. The molecule has 0 spiro atoms. The first-order valence-corrected chi connectivity index (χ1v) is 18.4. The van der Waals surface area contributed by atoms with Crippen LogP contribution in [-0.4, -0.2) is 45.2 Å². The van der Waals surface area contributed by atoms with Crippen molar-refractivity contribution in [3.63, 3.8) is 0 Å². The lowest BCUT2D eigenvalue weighted by atomic mass is 9.98. The maximum Gasteiger partial charge on any atom is 0.335 e. The zero-order chi connectivity index (χ0) is 36.7. The SMILES string of the molecule is CCCCCCCCc1ccc(OCC(O)Cn2c(Cc3ccccc3)c(C(=O)CCC(=O)OCc3ccccc3)c3cc(C(=O)O)ccc32)cc1. The number of aliphatic hydroxyl groups is 1. The molecule has 0 aliphatic carbocycles. The van der Waals surface area contributed by atoms with Crippen molar-refractivity contribution in [1.82, 2.24) is 4.57 Å². The van der Waals surface area contributed by atoms with E-state index in [0.717, 1.165) is 24.0 Å². The number of aromatic nitrogens is 1. The van der Waals surface area contributed by atoms with Crippen LogP contribution in [-0.2, 0) is 35.5 Å². The predicted octanol–water partition coefficient (Wildman–Crippen LogP) is 8.98. The summed E-state index contributed by atoms with van der Waals surface area (Å²) in [6.07, 6.45) is 7.70. The number of carboxylic acids is 1. The first kappa shape index (κ1) is 38.0. The number of hydrogen-bond acceptors (Lipinski definition) is 6. The number of nitrogens with zero attached hydrogens (tertiary/aromatic N) is 1. The highest BCUT2D eigenvalue weighted by Crippen LogP contribution is 2.31. The topological polar surface area (TPSA) is 115 Å². The number of fused-ring (bicyclic) bond motifs is 1. The Balaban J connectivity index is 1.33. The molecule has 0 bridgehead atoms. The molecule has 0 aliphatic heterocycles. The lowest BCUT2D eigenvalue weighted by molar-refractivity contribution is -0.144. The summed E-state index contributed by atoms with van der Waals surface area (Å²) in [5, 5.41) is 21.6. The quantitative estimate of drug-likeness (QED) is 0.0445. The molecular formula is C44H49NO7. The lowest BCUT2D eigenvalue weighted by Gasteiger charge is -2.18. The van der Waals surface area contributed by atoms with Gasteiger partial charge >= 0.3 is 11.9 Å². The highest BCUT2D eigenvalue weighted by molar-refractivity contribution is 6.11. The van der Waals surface area contributed by atoms with Gasteiger partial charge in [0, 0.05) is 35.0 Å². The van der Waals surface area contributed by atoms with Crippen molar-refractivity contribution in [3.05, 3.63) is 137 Å². The summed E-state index contributed by atoms with van der Waals surface area (Å²) in [7, 11) is 0. The second-order valence-electron chi connectivity index (χ2n) is 13.3. The summed E-state index contributed by atoms with van der Waals surface area (Å²) < 4.78 is 13.3. The Kier molecular flexibility index (Phi) is 14.2. The number of Topliss-reactive ketones (excluding diaryl/α,β-unsaturated/α-hetero) is 1. The van der Waals surface area contributed by atoms with Gasteiger partial charge in [-0.15, -0.1) is 0 Å². The molecule has 2 N–H and O–H groups in total. The molecule has 272 valence electrons. The van der Waals surface area contributed by atoms with E-state index >= 15 is 0 Å². The number of carboxylic acid groups (broad SMARTS) is 1. The number of ketones is 1. The smallest absolute Gasteiger partial charge is 0.335 e. The minimum absolute atomic E-state index is 0.0188.